The van der Waals surface area contributed by atoms with Gasteiger partial charge < -0.3 is 11.1 Å². The lowest BCUT2D eigenvalue weighted by Crippen LogP contribution is -2.22. The van der Waals surface area contributed by atoms with E-state index in [9.17, 15) is 22.8 Å². The molecule has 1 aliphatic rings. The van der Waals surface area contributed by atoms with Crippen LogP contribution in [0.25, 0.3) is 0 Å². The van der Waals surface area contributed by atoms with E-state index >= 15 is 0 Å². The van der Waals surface area contributed by atoms with E-state index in [1.165, 1.54) is 10.9 Å². The van der Waals surface area contributed by atoms with Crippen molar-refractivity contribution in [2.24, 2.45) is 5.73 Å². The highest BCUT2D eigenvalue weighted by molar-refractivity contribution is 6.32. The quantitative estimate of drug-likeness (QED) is 0.720. The largest absolute Gasteiger partial charge is 0.436 e. The first-order valence-corrected chi connectivity index (χ1v) is 9.00. The van der Waals surface area contributed by atoms with E-state index in [2.05, 4.69) is 15.5 Å². The molecule has 1 fully saturated rings. The van der Waals surface area contributed by atoms with Crippen molar-refractivity contribution in [1.82, 2.24) is 19.6 Å². The molecule has 2 aromatic rings. The van der Waals surface area contributed by atoms with Gasteiger partial charge in [-0.2, -0.15) is 23.4 Å². The number of anilines is 1. The molecule has 152 valence electrons. The summed E-state index contributed by atoms with van der Waals surface area (Å²) in [5, 5.41) is 9.64. The third-order valence-corrected chi connectivity index (χ3v) is 4.73. The van der Waals surface area contributed by atoms with Crippen LogP contribution in [0.15, 0.2) is 6.20 Å². The molecule has 3 N–H and O–H groups in total. The summed E-state index contributed by atoms with van der Waals surface area (Å²) in [5.74, 6) is -1.34. The Kier molecular flexibility index (Phi) is 5.37. The number of hydrogen-bond donors (Lipinski definition) is 2. The molecule has 0 atom stereocenters. The van der Waals surface area contributed by atoms with Gasteiger partial charge in [-0.3, -0.25) is 19.0 Å². The average Bonchev–Trinajstić information content (AvgIpc) is 3.25. The van der Waals surface area contributed by atoms with Crippen LogP contribution in [0.4, 0.5) is 18.9 Å². The van der Waals surface area contributed by atoms with Crippen LogP contribution in [0.2, 0.25) is 5.02 Å². The highest BCUT2D eigenvalue weighted by Crippen LogP contribution is 2.46. The van der Waals surface area contributed by atoms with E-state index in [1.54, 1.807) is 6.92 Å². The van der Waals surface area contributed by atoms with Crippen LogP contribution in [0, 0.1) is 0 Å². The number of hydrogen-bond acceptors (Lipinski definition) is 4. The zero-order valence-corrected chi connectivity index (χ0v) is 15.6. The highest BCUT2D eigenvalue weighted by Gasteiger charge is 2.42. The van der Waals surface area contributed by atoms with Crippen molar-refractivity contribution in [3.63, 3.8) is 0 Å². The minimum Gasteiger partial charge on any atom is -0.364 e. The van der Waals surface area contributed by atoms with E-state index in [-0.39, 0.29) is 30.3 Å². The predicted octanol–water partition coefficient (Wildman–Crippen LogP) is 2.78. The highest BCUT2D eigenvalue weighted by atomic mass is 35.5. The van der Waals surface area contributed by atoms with E-state index in [0.29, 0.717) is 12.2 Å². The topological polar surface area (TPSA) is 108 Å². The summed E-state index contributed by atoms with van der Waals surface area (Å²) in [6.07, 6.45) is -2.08. The van der Waals surface area contributed by atoms with Gasteiger partial charge in [-0.15, -0.1) is 0 Å². The Bertz CT molecular complexity index is 916. The van der Waals surface area contributed by atoms with E-state index in [0.717, 1.165) is 17.5 Å². The van der Waals surface area contributed by atoms with Crippen LogP contribution in [0.3, 0.4) is 0 Å². The molecule has 0 radical (unpaired) electrons. The van der Waals surface area contributed by atoms with Gasteiger partial charge in [0.1, 0.15) is 5.69 Å². The summed E-state index contributed by atoms with van der Waals surface area (Å²) >= 11 is 5.90. The number of aryl methyl sites for hydroxylation is 2. The monoisotopic (exact) mass is 418 g/mol. The molecule has 3 rings (SSSR count). The van der Waals surface area contributed by atoms with Crippen molar-refractivity contribution in [1.29, 1.82) is 0 Å². The first kappa shape index (κ1) is 20.2. The molecule has 8 nitrogen and oxygen atoms in total. The van der Waals surface area contributed by atoms with Crippen LogP contribution >= 0.6 is 11.6 Å². The number of amides is 2. The van der Waals surface area contributed by atoms with Crippen LogP contribution in [0.1, 0.15) is 54.0 Å². The molecule has 0 saturated heterocycles. The summed E-state index contributed by atoms with van der Waals surface area (Å²) in [4.78, 5) is 23.8. The van der Waals surface area contributed by atoms with Gasteiger partial charge in [-0.25, -0.2) is 0 Å². The fourth-order valence-electron chi connectivity index (χ4n) is 2.95. The molecule has 28 heavy (non-hydrogen) atoms. The molecule has 2 aromatic heterocycles. The number of alkyl halides is 3. The van der Waals surface area contributed by atoms with Gasteiger partial charge in [0.15, 0.2) is 5.69 Å². The minimum absolute atomic E-state index is 0.0519. The van der Waals surface area contributed by atoms with Crippen LogP contribution in [-0.4, -0.2) is 31.4 Å². The molecule has 2 heterocycles. The Labute approximate surface area is 162 Å². The second-order valence-electron chi connectivity index (χ2n) is 6.43. The van der Waals surface area contributed by atoms with Crippen molar-refractivity contribution in [2.45, 2.75) is 51.4 Å². The fraction of sp³-hybridized carbons (Fsp3) is 0.500. The average molecular weight is 419 g/mol. The van der Waals surface area contributed by atoms with Crippen molar-refractivity contribution >= 4 is 29.1 Å². The maximum atomic E-state index is 13.1. The molecular weight excluding hydrogens is 401 g/mol. The Morgan fingerprint density at radius 2 is 2.04 bits per heavy atom. The lowest BCUT2D eigenvalue weighted by molar-refractivity contribution is -0.141. The smallest absolute Gasteiger partial charge is 0.364 e. The fourth-order valence-corrected chi connectivity index (χ4v) is 3.34. The van der Waals surface area contributed by atoms with Gasteiger partial charge in [0.2, 0.25) is 5.91 Å². The molecule has 1 aliphatic carbocycles. The number of nitrogens with one attached hydrogen (secondary N) is 1. The maximum absolute atomic E-state index is 13.1. The van der Waals surface area contributed by atoms with E-state index in [4.69, 9.17) is 17.3 Å². The number of aromatic nitrogens is 4. The van der Waals surface area contributed by atoms with Crippen molar-refractivity contribution in [2.75, 3.05) is 5.32 Å². The number of rotatable bonds is 7. The third-order valence-electron chi connectivity index (χ3n) is 4.36. The Morgan fingerprint density at radius 3 is 2.57 bits per heavy atom. The number of carbonyl (C=O) groups excluding carboxylic acids is 2. The molecule has 2 amide bonds. The molecule has 1 saturated carbocycles. The van der Waals surface area contributed by atoms with E-state index < -0.39 is 28.7 Å². The Morgan fingerprint density at radius 1 is 1.36 bits per heavy atom. The van der Waals surface area contributed by atoms with Crippen molar-refractivity contribution in [3.8, 4) is 0 Å². The maximum Gasteiger partial charge on any atom is 0.436 e. The standard InChI is InChI=1S/C16H18ClF3N6O2/c1-2-25-13(15(21)28)9(7-22-25)23-10(27)5-6-26-12(8-3-4-8)11(17)14(24-26)16(18,19)20/h7-8H,2-6H2,1H3,(H2,21,28)(H,23,27). The molecule has 0 unspecified atom stereocenters. The van der Waals surface area contributed by atoms with E-state index in [1.807, 2.05) is 0 Å². The minimum atomic E-state index is -4.67. The molecular formula is C16H18ClF3N6O2. The summed E-state index contributed by atoms with van der Waals surface area (Å²) < 4.78 is 41.7. The van der Waals surface area contributed by atoms with Crippen molar-refractivity contribution < 1.29 is 22.8 Å². The summed E-state index contributed by atoms with van der Waals surface area (Å²) in [5.41, 5.74) is 4.67. The summed E-state index contributed by atoms with van der Waals surface area (Å²) in [7, 11) is 0. The Hall–Kier alpha value is -2.56. The molecule has 0 spiro atoms. The third kappa shape index (κ3) is 3.98. The second-order valence-corrected chi connectivity index (χ2v) is 6.81. The first-order valence-electron chi connectivity index (χ1n) is 8.62. The number of nitrogens with two attached hydrogens (primary N) is 1. The lowest BCUT2D eigenvalue weighted by atomic mass is 10.2. The molecule has 0 aliphatic heterocycles. The zero-order valence-electron chi connectivity index (χ0n) is 14.9. The van der Waals surface area contributed by atoms with Gasteiger partial charge in [-0.1, -0.05) is 11.6 Å². The predicted molar refractivity (Wildman–Crippen MR) is 93.9 cm³/mol. The molecule has 0 bridgehead atoms. The van der Waals surface area contributed by atoms with Crippen LogP contribution < -0.4 is 11.1 Å². The molecule has 0 aromatic carbocycles. The Balaban J connectivity index is 1.74. The zero-order chi connectivity index (χ0) is 20.6. The van der Waals surface area contributed by atoms with Crippen LogP contribution in [-0.2, 0) is 24.1 Å². The SMILES string of the molecule is CCn1ncc(NC(=O)CCn2nc(C(F)(F)F)c(Cl)c2C2CC2)c1C(N)=O. The van der Waals surface area contributed by atoms with Crippen LogP contribution in [0.5, 0.6) is 0 Å². The van der Waals surface area contributed by atoms with Gasteiger partial charge >= 0.3 is 6.18 Å². The van der Waals surface area contributed by atoms with Gasteiger partial charge in [0.05, 0.1) is 29.1 Å². The van der Waals surface area contributed by atoms with Gasteiger partial charge in [0, 0.05) is 18.9 Å². The summed E-state index contributed by atoms with van der Waals surface area (Å²) in [6.45, 7) is 2.05. The number of nitrogens with zero attached hydrogens (tertiary/aromatic N) is 4. The number of primary amides is 1. The number of carbonyl (C=O) groups is 2. The lowest BCUT2D eigenvalue weighted by Gasteiger charge is -2.08. The van der Waals surface area contributed by atoms with Gasteiger partial charge in [0.25, 0.3) is 5.91 Å². The normalized spacial score (nSPS) is 14.3. The first-order chi connectivity index (χ1) is 13.1. The molecule has 12 heteroatoms. The van der Waals surface area contributed by atoms with Gasteiger partial charge in [-0.05, 0) is 19.8 Å². The summed E-state index contributed by atoms with van der Waals surface area (Å²) in [6, 6.07) is 0. The second kappa shape index (κ2) is 7.46. The number of halogens is 4. The van der Waals surface area contributed by atoms with Crippen molar-refractivity contribution in [3.05, 3.63) is 28.3 Å².